The predicted octanol–water partition coefficient (Wildman–Crippen LogP) is 0.610. The smallest absolute Gasteiger partial charge is 0.295 e. The van der Waals surface area contributed by atoms with Gasteiger partial charge in [0.1, 0.15) is 6.04 Å². The SMILES string of the molecule is CC#Cn1c(=O)n(C2CCC(=O)NC2=O)c2ccccc21. The fourth-order valence-electron chi connectivity index (χ4n) is 2.62. The number of piperidine rings is 1. The molecule has 106 valence electrons. The Morgan fingerprint density at radius 1 is 1.19 bits per heavy atom. The van der Waals surface area contributed by atoms with Crippen molar-refractivity contribution in [3.05, 3.63) is 34.7 Å². The van der Waals surface area contributed by atoms with Gasteiger partial charge in [0.05, 0.1) is 11.0 Å². The van der Waals surface area contributed by atoms with E-state index in [2.05, 4.69) is 17.3 Å². The topological polar surface area (TPSA) is 73.1 Å². The second-order valence-electron chi connectivity index (χ2n) is 4.81. The molecule has 0 saturated carbocycles. The lowest BCUT2D eigenvalue weighted by atomic mass is 10.1. The molecule has 2 heterocycles. The van der Waals surface area contributed by atoms with Crippen molar-refractivity contribution in [2.24, 2.45) is 0 Å². The Bertz CT molecular complexity index is 864. The number of imidazole rings is 1. The zero-order valence-electron chi connectivity index (χ0n) is 11.4. The van der Waals surface area contributed by atoms with E-state index in [9.17, 15) is 14.4 Å². The number of nitrogens with zero attached hydrogens (tertiary/aromatic N) is 2. The molecule has 3 rings (SSSR count). The highest BCUT2D eigenvalue weighted by Gasteiger charge is 2.31. The summed E-state index contributed by atoms with van der Waals surface area (Å²) in [7, 11) is 0. The number of imide groups is 1. The van der Waals surface area contributed by atoms with Crippen LogP contribution in [0.5, 0.6) is 0 Å². The minimum Gasteiger partial charge on any atom is -0.295 e. The van der Waals surface area contributed by atoms with E-state index in [4.69, 9.17) is 0 Å². The number of amides is 2. The largest absolute Gasteiger partial charge is 0.341 e. The van der Waals surface area contributed by atoms with Gasteiger partial charge in [-0.1, -0.05) is 18.1 Å². The third-order valence-electron chi connectivity index (χ3n) is 3.52. The highest BCUT2D eigenvalue weighted by molar-refractivity contribution is 6.00. The van der Waals surface area contributed by atoms with Crippen LogP contribution in [0.4, 0.5) is 0 Å². The van der Waals surface area contributed by atoms with E-state index >= 15 is 0 Å². The second-order valence-corrected chi connectivity index (χ2v) is 4.81. The third kappa shape index (κ3) is 2.03. The summed E-state index contributed by atoms with van der Waals surface area (Å²) in [5.74, 6) is 1.95. The summed E-state index contributed by atoms with van der Waals surface area (Å²) in [5.41, 5.74) is 0.932. The molecule has 0 aliphatic carbocycles. The van der Waals surface area contributed by atoms with Crippen molar-refractivity contribution >= 4 is 22.8 Å². The van der Waals surface area contributed by atoms with E-state index in [1.165, 1.54) is 9.13 Å². The first-order chi connectivity index (χ1) is 10.1. The summed E-state index contributed by atoms with van der Waals surface area (Å²) < 4.78 is 2.75. The molecule has 1 atom stereocenters. The summed E-state index contributed by atoms with van der Waals surface area (Å²) >= 11 is 0. The Morgan fingerprint density at radius 3 is 2.57 bits per heavy atom. The molecule has 1 aromatic carbocycles. The van der Waals surface area contributed by atoms with E-state index in [1.807, 2.05) is 6.07 Å². The number of fused-ring (bicyclic) bond motifs is 1. The summed E-state index contributed by atoms with van der Waals surface area (Å²) in [6.07, 6.45) is 0.542. The molecule has 21 heavy (non-hydrogen) atoms. The van der Waals surface area contributed by atoms with Gasteiger partial charge in [0.2, 0.25) is 11.8 Å². The van der Waals surface area contributed by atoms with Crippen LogP contribution in [0.2, 0.25) is 0 Å². The van der Waals surface area contributed by atoms with E-state index in [1.54, 1.807) is 25.1 Å². The maximum absolute atomic E-state index is 12.6. The molecule has 1 saturated heterocycles. The Labute approximate surface area is 120 Å². The molecule has 1 N–H and O–H groups in total. The summed E-state index contributed by atoms with van der Waals surface area (Å²) in [6.45, 7) is 1.64. The molecule has 2 aromatic rings. The quantitative estimate of drug-likeness (QED) is 0.615. The Morgan fingerprint density at radius 2 is 1.90 bits per heavy atom. The fraction of sp³-hybridized carbons (Fsp3) is 0.267. The van der Waals surface area contributed by atoms with Crippen LogP contribution >= 0.6 is 0 Å². The van der Waals surface area contributed by atoms with Gasteiger partial charge in [-0.15, -0.1) is 0 Å². The fourth-order valence-corrected chi connectivity index (χ4v) is 2.62. The van der Waals surface area contributed by atoms with Crippen LogP contribution in [0.15, 0.2) is 29.1 Å². The lowest BCUT2D eigenvalue weighted by Gasteiger charge is -2.21. The molecule has 1 aliphatic rings. The number of hydrogen-bond acceptors (Lipinski definition) is 3. The monoisotopic (exact) mass is 283 g/mol. The van der Waals surface area contributed by atoms with Crippen LogP contribution in [0.25, 0.3) is 11.0 Å². The number of benzene rings is 1. The number of aromatic nitrogens is 2. The molecule has 2 amide bonds. The summed E-state index contributed by atoms with van der Waals surface area (Å²) in [6, 6.07) is 9.22. The average molecular weight is 283 g/mol. The number of carbonyl (C=O) groups excluding carboxylic acids is 2. The molecule has 1 fully saturated rings. The van der Waals surface area contributed by atoms with Gasteiger partial charge in [0.25, 0.3) is 0 Å². The summed E-state index contributed by atoms with van der Waals surface area (Å²) in [5, 5.41) is 2.28. The molecule has 1 aromatic heterocycles. The number of para-hydroxylation sites is 2. The van der Waals surface area contributed by atoms with Crippen molar-refractivity contribution in [2.75, 3.05) is 0 Å². The maximum Gasteiger partial charge on any atom is 0.341 e. The highest BCUT2D eigenvalue weighted by Crippen LogP contribution is 2.22. The average Bonchev–Trinajstić information content (AvgIpc) is 2.73. The van der Waals surface area contributed by atoms with Crippen LogP contribution in [0.3, 0.4) is 0 Å². The third-order valence-corrected chi connectivity index (χ3v) is 3.52. The first-order valence-electron chi connectivity index (χ1n) is 6.62. The van der Waals surface area contributed by atoms with Crippen LogP contribution < -0.4 is 11.0 Å². The van der Waals surface area contributed by atoms with Crippen molar-refractivity contribution in [3.63, 3.8) is 0 Å². The molecule has 6 nitrogen and oxygen atoms in total. The lowest BCUT2D eigenvalue weighted by molar-refractivity contribution is -0.135. The second kappa shape index (κ2) is 4.94. The van der Waals surface area contributed by atoms with Gasteiger partial charge in [-0.3, -0.25) is 19.5 Å². The molecule has 0 spiro atoms. The van der Waals surface area contributed by atoms with Crippen LogP contribution in [-0.4, -0.2) is 20.9 Å². The molecule has 0 bridgehead atoms. The Hall–Kier alpha value is -2.81. The van der Waals surface area contributed by atoms with E-state index in [0.29, 0.717) is 17.5 Å². The van der Waals surface area contributed by atoms with E-state index in [0.717, 1.165) is 0 Å². The van der Waals surface area contributed by atoms with Gasteiger partial charge < -0.3 is 0 Å². The van der Waals surface area contributed by atoms with Gasteiger partial charge in [-0.2, -0.15) is 0 Å². The number of nitrogens with one attached hydrogen (secondary N) is 1. The van der Waals surface area contributed by atoms with Gasteiger partial charge in [0, 0.05) is 12.5 Å². The highest BCUT2D eigenvalue weighted by atomic mass is 16.2. The van der Waals surface area contributed by atoms with Crippen LogP contribution in [-0.2, 0) is 9.59 Å². The maximum atomic E-state index is 12.6. The van der Waals surface area contributed by atoms with Crippen molar-refractivity contribution < 1.29 is 9.59 Å². The minimum absolute atomic E-state index is 0.224. The van der Waals surface area contributed by atoms with Crippen molar-refractivity contribution in [1.82, 2.24) is 14.5 Å². The van der Waals surface area contributed by atoms with Crippen LogP contribution in [0.1, 0.15) is 25.8 Å². The van der Waals surface area contributed by atoms with Gasteiger partial charge in [-0.25, -0.2) is 9.36 Å². The molecular formula is C15H13N3O3. The van der Waals surface area contributed by atoms with E-state index in [-0.39, 0.29) is 18.0 Å². The molecular weight excluding hydrogens is 270 g/mol. The molecule has 6 heteroatoms. The van der Waals surface area contributed by atoms with Crippen LogP contribution in [0, 0.1) is 12.0 Å². The zero-order valence-corrected chi connectivity index (χ0v) is 11.4. The van der Waals surface area contributed by atoms with Gasteiger partial charge in [0.15, 0.2) is 0 Å². The van der Waals surface area contributed by atoms with E-state index < -0.39 is 11.9 Å². The lowest BCUT2D eigenvalue weighted by Crippen LogP contribution is -2.44. The van der Waals surface area contributed by atoms with Crippen molar-refractivity contribution in [1.29, 1.82) is 0 Å². The van der Waals surface area contributed by atoms with Gasteiger partial charge in [-0.05, 0) is 25.5 Å². The first kappa shape index (κ1) is 13.2. The zero-order chi connectivity index (χ0) is 15.0. The number of rotatable bonds is 1. The predicted molar refractivity (Wildman–Crippen MR) is 76.5 cm³/mol. The first-order valence-corrected chi connectivity index (χ1v) is 6.62. The normalized spacial score (nSPS) is 18.2. The number of carbonyl (C=O) groups is 2. The number of hydrogen-bond donors (Lipinski definition) is 1. The van der Waals surface area contributed by atoms with Gasteiger partial charge >= 0.3 is 5.69 Å². The Kier molecular flexibility index (Phi) is 3.10. The summed E-state index contributed by atoms with van der Waals surface area (Å²) in [4.78, 5) is 35.9. The van der Waals surface area contributed by atoms with Crippen molar-refractivity contribution in [2.45, 2.75) is 25.8 Å². The van der Waals surface area contributed by atoms with Crippen molar-refractivity contribution in [3.8, 4) is 12.0 Å². The Balaban J connectivity index is 2.25. The molecule has 0 radical (unpaired) electrons. The molecule has 1 unspecified atom stereocenters. The molecule has 1 aliphatic heterocycles. The standard InChI is InChI=1S/C15H13N3O3/c1-2-9-17-10-5-3-4-6-11(10)18(15(17)21)12-7-8-13(19)16-14(12)20/h3-6,12H,7-8H2,1H3,(H,16,19,20). The minimum atomic E-state index is -0.681.